The molecule has 0 radical (unpaired) electrons. The van der Waals surface area contributed by atoms with Gasteiger partial charge >= 0.3 is 0 Å². The van der Waals surface area contributed by atoms with Crippen molar-refractivity contribution in [3.63, 3.8) is 0 Å². The Morgan fingerprint density at radius 3 is 2.67 bits per heavy atom. The van der Waals surface area contributed by atoms with Gasteiger partial charge in [0.2, 0.25) is 0 Å². The van der Waals surface area contributed by atoms with Crippen LogP contribution >= 0.6 is 23.2 Å². The van der Waals surface area contributed by atoms with Crippen LogP contribution < -0.4 is 4.74 Å². The van der Waals surface area contributed by atoms with Gasteiger partial charge in [-0.1, -0.05) is 23.7 Å². The molecule has 0 heterocycles. The molecule has 0 spiro atoms. The summed E-state index contributed by atoms with van der Waals surface area (Å²) in [5.74, 6) is 1.23. The minimum Gasteiger partial charge on any atom is -0.489 e. The van der Waals surface area contributed by atoms with Gasteiger partial charge in [0.05, 0.1) is 17.0 Å². The molecule has 0 amide bonds. The average Bonchev–Trinajstić information content (AvgIpc) is 2.74. The van der Waals surface area contributed by atoms with Crippen molar-refractivity contribution < 1.29 is 4.74 Å². The van der Waals surface area contributed by atoms with Gasteiger partial charge in [0.15, 0.2) is 0 Å². The highest BCUT2D eigenvalue weighted by Gasteiger charge is 2.19. The molecule has 15 heavy (non-hydrogen) atoms. The largest absolute Gasteiger partial charge is 0.489 e. The molecule has 2 rings (SSSR count). The van der Waals surface area contributed by atoms with Crippen molar-refractivity contribution in [2.24, 2.45) is 0 Å². The van der Waals surface area contributed by atoms with Gasteiger partial charge in [-0.3, -0.25) is 0 Å². The van der Waals surface area contributed by atoms with E-state index in [1.807, 2.05) is 18.2 Å². The Bertz CT molecular complexity index is 332. The number of para-hydroxylation sites is 1. The second kappa shape index (κ2) is 5.09. The molecule has 3 heteroatoms. The van der Waals surface area contributed by atoms with Crippen molar-refractivity contribution in [2.45, 2.75) is 37.7 Å². The number of hydrogen-bond donors (Lipinski definition) is 0. The first-order valence-corrected chi connectivity index (χ1v) is 6.22. The van der Waals surface area contributed by atoms with Crippen LogP contribution in [0.5, 0.6) is 5.75 Å². The summed E-state index contributed by atoms with van der Waals surface area (Å²) in [6, 6.07) is 5.71. The molecular formula is C12H14Cl2O. The summed E-state index contributed by atoms with van der Waals surface area (Å²) in [6.45, 7) is 0. The zero-order chi connectivity index (χ0) is 10.7. The van der Waals surface area contributed by atoms with E-state index in [2.05, 4.69) is 0 Å². The minimum absolute atomic E-state index is 0.326. The SMILES string of the molecule is ClCc1cccc(Cl)c1OC1CCCC1. The van der Waals surface area contributed by atoms with Crippen molar-refractivity contribution in [3.8, 4) is 5.75 Å². The lowest BCUT2D eigenvalue weighted by Crippen LogP contribution is -2.12. The molecule has 1 aromatic rings. The summed E-state index contributed by atoms with van der Waals surface area (Å²) < 4.78 is 5.91. The van der Waals surface area contributed by atoms with Crippen LogP contribution in [-0.2, 0) is 5.88 Å². The van der Waals surface area contributed by atoms with Crippen LogP contribution in [0, 0.1) is 0 Å². The van der Waals surface area contributed by atoms with Crippen LogP contribution in [0.15, 0.2) is 18.2 Å². The van der Waals surface area contributed by atoms with Crippen molar-refractivity contribution in [1.82, 2.24) is 0 Å². The summed E-state index contributed by atoms with van der Waals surface area (Å²) in [5, 5.41) is 0.667. The van der Waals surface area contributed by atoms with Crippen molar-refractivity contribution in [3.05, 3.63) is 28.8 Å². The molecule has 1 aliphatic carbocycles. The minimum atomic E-state index is 0.326. The first-order chi connectivity index (χ1) is 7.31. The number of rotatable bonds is 3. The molecule has 0 bridgehead atoms. The van der Waals surface area contributed by atoms with E-state index in [1.165, 1.54) is 12.8 Å². The summed E-state index contributed by atoms with van der Waals surface area (Å²) in [6.07, 6.45) is 5.10. The predicted octanol–water partition coefficient (Wildman–Crippen LogP) is 4.40. The first kappa shape index (κ1) is 11.1. The molecular weight excluding hydrogens is 231 g/mol. The van der Waals surface area contributed by atoms with E-state index in [-0.39, 0.29) is 0 Å². The highest BCUT2D eigenvalue weighted by atomic mass is 35.5. The molecule has 1 aliphatic rings. The average molecular weight is 245 g/mol. The lowest BCUT2D eigenvalue weighted by Gasteiger charge is -2.16. The quantitative estimate of drug-likeness (QED) is 0.717. The van der Waals surface area contributed by atoms with Gasteiger partial charge in [0.25, 0.3) is 0 Å². The first-order valence-electron chi connectivity index (χ1n) is 5.31. The van der Waals surface area contributed by atoms with Crippen LogP contribution in [-0.4, -0.2) is 6.10 Å². The lowest BCUT2D eigenvalue weighted by molar-refractivity contribution is 0.208. The molecule has 1 fully saturated rings. The van der Waals surface area contributed by atoms with E-state index in [4.69, 9.17) is 27.9 Å². The third-order valence-electron chi connectivity index (χ3n) is 2.78. The van der Waals surface area contributed by atoms with E-state index in [9.17, 15) is 0 Å². The fourth-order valence-electron chi connectivity index (χ4n) is 1.96. The fourth-order valence-corrected chi connectivity index (χ4v) is 2.41. The van der Waals surface area contributed by atoms with E-state index in [0.717, 1.165) is 24.2 Å². The number of alkyl halides is 1. The molecule has 0 unspecified atom stereocenters. The lowest BCUT2D eigenvalue weighted by atomic mass is 10.2. The summed E-state index contributed by atoms with van der Waals surface area (Å²) >= 11 is 12.0. The monoisotopic (exact) mass is 244 g/mol. The molecule has 1 aromatic carbocycles. The maximum atomic E-state index is 6.10. The van der Waals surface area contributed by atoms with Crippen molar-refractivity contribution in [2.75, 3.05) is 0 Å². The smallest absolute Gasteiger partial charge is 0.142 e. The third-order valence-corrected chi connectivity index (χ3v) is 3.36. The number of ether oxygens (including phenoxy) is 1. The molecule has 0 atom stereocenters. The Labute approximate surface area is 100 Å². The Balaban J connectivity index is 2.17. The van der Waals surface area contributed by atoms with Gasteiger partial charge in [-0.05, 0) is 31.7 Å². The summed E-state index contributed by atoms with van der Waals surface area (Å²) in [4.78, 5) is 0. The Kier molecular flexibility index (Phi) is 3.76. The van der Waals surface area contributed by atoms with Gasteiger partial charge < -0.3 is 4.74 Å². The van der Waals surface area contributed by atoms with Crippen LogP contribution in [0.1, 0.15) is 31.2 Å². The number of hydrogen-bond acceptors (Lipinski definition) is 1. The van der Waals surface area contributed by atoms with Gasteiger partial charge in [-0.25, -0.2) is 0 Å². The molecule has 0 saturated heterocycles. The topological polar surface area (TPSA) is 9.23 Å². The van der Waals surface area contributed by atoms with Gasteiger partial charge in [-0.15, -0.1) is 11.6 Å². The zero-order valence-corrected chi connectivity index (χ0v) is 10.0. The third kappa shape index (κ3) is 2.59. The number of benzene rings is 1. The second-order valence-electron chi connectivity index (χ2n) is 3.89. The van der Waals surface area contributed by atoms with Gasteiger partial charge in [-0.2, -0.15) is 0 Å². The van der Waals surface area contributed by atoms with Gasteiger partial charge in [0.1, 0.15) is 5.75 Å². The Morgan fingerprint density at radius 2 is 2.00 bits per heavy atom. The van der Waals surface area contributed by atoms with Crippen LogP contribution in [0.4, 0.5) is 0 Å². The maximum Gasteiger partial charge on any atom is 0.142 e. The number of halogens is 2. The van der Waals surface area contributed by atoms with E-state index in [0.29, 0.717) is 17.0 Å². The zero-order valence-electron chi connectivity index (χ0n) is 8.51. The second-order valence-corrected chi connectivity index (χ2v) is 4.56. The van der Waals surface area contributed by atoms with E-state index in [1.54, 1.807) is 0 Å². The maximum absolute atomic E-state index is 6.10. The normalized spacial score (nSPS) is 16.9. The highest BCUT2D eigenvalue weighted by molar-refractivity contribution is 6.32. The molecule has 0 N–H and O–H groups in total. The molecule has 0 aromatic heterocycles. The molecule has 0 aliphatic heterocycles. The van der Waals surface area contributed by atoms with Crippen LogP contribution in [0.25, 0.3) is 0 Å². The summed E-state index contributed by atoms with van der Waals surface area (Å²) in [7, 11) is 0. The predicted molar refractivity (Wildman–Crippen MR) is 63.9 cm³/mol. The van der Waals surface area contributed by atoms with Gasteiger partial charge in [0, 0.05) is 5.56 Å². The van der Waals surface area contributed by atoms with E-state index < -0.39 is 0 Å². The standard InChI is InChI=1S/C12H14Cl2O/c13-8-9-4-3-7-11(14)12(9)15-10-5-1-2-6-10/h3-4,7,10H,1-2,5-6,8H2. The molecule has 1 nitrogen and oxygen atoms in total. The Morgan fingerprint density at radius 1 is 1.27 bits per heavy atom. The molecule has 82 valence electrons. The van der Waals surface area contributed by atoms with Crippen molar-refractivity contribution >= 4 is 23.2 Å². The summed E-state index contributed by atoms with van der Waals surface area (Å²) in [5.41, 5.74) is 0.982. The molecule has 1 saturated carbocycles. The van der Waals surface area contributed by atoms with Crippen LogP contribution in [0.3, 0.4) is 0 Å². The fraction of sp³-hybridized carbons (Fsp3) is 0.500. The van der Waals surface area contributed by atoms with Crippen molar-refractivity contribution in [1.29, 1.82) is 0 Å². The highest BCUT2D eigenvalue weighted by Crippen LogP contribution is 2.33. The Hall–Kier alpha value is -0.400. The van der Waals surface area contributed by atoms with Crippen LogP contribution in [0.2, 0.25) is 5.02 Å². The van der Waals surface area contributed by atoms with E-state index >= 15 is 0 Å².